The molecule has 142 valence electrons. The molecular weight excluding hydrogens is 318 g/mol. The van der Waals surface area contributed by atoms with Gasteiger partial charge in [-0.2, -0.15) is 0 Å². The fourth-order valence-corrected chi connectivity index (χ4v) is 2.66. The summed E-state index contributed by atoms with van der Waals surface area (Å²) in [5.41, 5.74) is 0.0678. The third-order valence-electron chi connectivity index (χ3n) is 4.65. The fraction of sp³-hybridized carbons (Fsp3) is 0.650. The van der Waals surface area contributed by atoms with Gasteiger partial charge in [0.15, 0.2) is 0 Å². The van der Waals surface area contributed by atoms with Gasteiger partial charge >= 0.3 is 0 Å². The van der Waals surface area contributed by atoms with Gasteiger partial charge in [0.1, 0.15) is 5.75 Å². The average molecular weight is 351 g/mol. The second kappa shape index (κ2) is 7.34. The molecule has 0 bridgehead atoms. The largest absolute Gasteiger partial charge is 0.507 e. The number of aromatic hydroxyl groups is 1. The molecule has 5 heteroatoms. The maximum atomic E-state index is 12.8. The second-order valence-corrected chi connectivity index (χ2v) is 8.82. The normalized spacial score (nSPS) is 13.0. The van der Waals surface area contributed by atoms with Crippen molar-refractivity contribution in [3.63, 3.8) is 0 Å². The van der Waals surface area contributed by atoms with E-state index in [1.165, 1.54) is 0 Å². The van der Waals surface area contributed by atoms with Gasteiger partial charge in [0.25, 0.3) is 5.91 Å². The van der Waals surface area contributed by atoms with Crippen LogP contribution in [-0.2, 0) is 10.8 Å². The van der Waals surface area contributed by atoms with Gasteiger partial charge in [-0.25, -0.2) is 0 Å². The van der Waals surface area contributed by atoms with Gasteiger partial charge in [0.2, 0.25) is 0 Å². The lowest BCUT2D eigenvalue weighted by atomic mass is 9.78. The zero-order valence-corrected chi connectivity index (χ0v) is 16.5. The van der Waals surface area contributed by atoms with Crippen molar-refractivity contribution < 1.29 is 20.1 Å². The Morgan fingerprint density at radius 1 is 0.960 bits per heavy atom. The molecule has 1 aromatic rings. The Kier molecular flexibility index (Phi) is 6.30. The molecule has 0 spiro atoms. The molecule has 1 rings (SSSR count). The van der Waals surface area contributed by atoms with E-state index in [4.69, 9.17) is 0 Å². The molecule has 0 aliphatic carbocycles. The first-order chi connectivity index (χ1) is 11.3. The fourth-order valence-electron chi connectivity index (χ4n) is 2.66. The first-order valence-corrected chi connectivity index (χ1v) is 8.73. The average Bonchev–Trinajstić information content (AvgIpc) is 2.50. The number of phenolic OH excluding ortho intramolecular Hbond substituents is 1. The molecule has 0 aliphatic heterocycles. The summed E-state index contributed by atoms with van der Waals surface area (Å²) in [5.74, 6) is -0.163. The minimum atomic E-state index is -1.06. The van der Waals surface area contributed by atoms with Crippen LogP contribution in [0.2, 0.25) is 0 Å². The highest BCUT2D eigenvalue weighted by Gasteiger charge is 2.31. The van der Waals surface area contributed by atoms with E-state index < -0.39 is 5.54 Å². The van der Waals surface area contributed by atoms with E-state index in [-0.39, 0.29) is 35.7 Å². The molecule has 0 saturated heterocycles. The number of carbonyl (C=O) groups is 1. The number of aliphatic hydroxyl groups is 2. The van der Waals surface area contributed by atoms with Gasteiger partial charge in [0, 0.05) is 16.7 Å². The van der Waals surface area contributed by atoms with E-state index in [1.807, 2.05) is 41.5 Å². The quantitative estimate of drug-likeness (QED) is 0.657. The SMILES string of the molecule is CCC(CO)(CO)NC(=O)c1cc(C(C)(C)C)c(O)c(C(C)(C)C)c1. The van der Waals surface area contributed by atoms with E-state index in [2.05, 4.69) is 5.32 Å². The minimum absolute atomic E-state index is 0.211. The molecule has 1 aromatic carbocycles. The highest BCUT2D eigenvalue weighted by atomic mass is 16.3. The molecular formula is C20H33NO4. The molecule has 5 nitrogen and oxygen atoms in total. The molecule has 4 N–H and O–H groups in total. The lowest BCUT2D eigenvalue weighted by Crippen LogP contribution is -2.53. The lowest BCUT2D eigenvalue weighted by molar-refractivity contribution is 0.0652. The van der Waals surface area contributed by atoms with Crippen molar-refractivity contribution in [3.05, 3.63) is 28.8 Å². The molecule has 0 saturated carbocycles. The molecule has 0 aromatic heterocycles. The summed E-state index contributed by atoms with van der Waals surface area (Å²) in [4.78, 5) is 12.8. The lowest BCUT2D eigenvalue weighted by Gasteiger charge is -2.31. The number of rotatable bonds is 5. The smallest absolute Gasteiger partial charge is 0.251 e. The molecule has 25 heavy (non-hydrogen) atoms. The van der Waals surface area contributed by atoms with E-state index >= 15 is 0 Å². The van der Waals surface area contributed by atoms with Crippen molar-refractivity contribution in [1.82, 2.24) is 5.32 Å². The maximum absolute atomic E-state index is 12.8. The van der Waals surface area contributed by atoms with Gasteiger partial charge in [0.05, 0.1) is 18.8 Å². The van der Waals surface area contributed by atoms with Crippen molar-refractivity contribution in [2.45, 2.75) is 71.3 Å². The summed E-state index contributed by atoms with van der Waals surface area (Å²) < 4.78 is 0. The Morgan fingerprint density at radius 2 is 1.36 bits per heavy atom. The number of carbonyl (C=O) groups excluding carboxylic acids is 1. The Hall–Kier alpha value is -1.59. The van der Waals surface area contributed by atoms with Crippen molar-refractivity contribution in [1.29, 1.82) is 0 Å². The number of aliphatic hydroxyl groups excluding tert-OH is 2. The van der Waals surface area contributed by atoms with Crippen LogP contribution in [0.5, 0.6) is 5.75 Å². The first-order valence-electron chi connectivity index (χ1n) is 8.73. The summed E-state index contributed by atoms with van der Waals surface area (Å²) in [7, 11) is 0. The Balaban J connectivity index is 3.48. The molecule has 0 fully saturated rings. The number of hydrogen-bond acceptors (Lipinski definition) is 4. The number of nitrogens with one attached hydrogen (secondary N) is 1. The van der Waals surface area contributed by atoms with Gasteiger partial charge in [-0.15, -0.1) is 0 Å². The Labute approximate surface area is 151 Å². The summed E-state index contributed by atoms with van der Waals surface area (Å²) >= 11 is 0. The molecule has 0 aliphatic rings. The molecule has 0 heterocycles. The van der Waals surface area contributed by atoms with Gasteiger partial charge in [-0.1, -0.05) is 48.5 Å². The molecule has 1 amide bonds. The molecule has 0 atom stereocenters. The topological polar surface area (TPSA) is 89.8 Å². The van der Waals surface area contributed by atoms with Crippen LogP contribution in [-0.4, -0.2) is 40.0 Å². The standard InChI is InChI=1S/C20H33NO4/c1-8-20(11-22,12-23)21-17(25)13-9-14(18(2,3)4)16(24)15(10-13)19(5,6)7/h9-10,22-24H,8,11-12H2,1-7H3,(H,21,25). The van der Waals surface area contributed by atoms with Crippen LogP contribution in [0.1, 0.15) is 76.4 Å². The minimum Gasteiger partial charge on any atom is -0.507 e. The van der Waals surface area contributed by atoms with Crippen LogP contribution >= 0.6 is 0 Å². The zero-order valence-electron chi connectivity index (χ0n) is 16.5. The van der Waals surface area contributed by atoms with E-state index in [0.717, 1.165) is 0 Å². The predicted molar refractivity (Wildman–Crippen MR) is 100 cm³/mol. The summed E-state index contributed by atoms with van der Waals surface area (Å²) in [6.45, 7) is 13.0. The van der Waals surface area contributed by atoms with Crippen molar-refractivity contribution in [2.24, 2.45) is 0 Å². The Morgan fingerprint density at radius 3 is 1.64 bits per heavy atom. The van der Waals surface area contributed by atoms with Crippen molar-refractivity contribution in [3.8, 4) is 5.75 Å². The van der Waals surface area contributed by atoms with Crippen LogP contribution in [0.3, 0.4) is 0 Å². The van der Waals surface area contributed by atoms with Crippen LogP contribution in [0.15, 0.2) is 12.1 Å². The first kappa shape index (κ1) is 21.5. The van der Waals surface area contributed by atoms with Gasteiger partial charge in [-0.05, 0) is 29.4 Å². The molecule has 0 radical (unpaired) electrons. The number of hydrogen-bond donors (Lipinski definition) is 4. The Bertz CT molecular complexity index is 576. The highest BCUT2D eigenvalue weighted by Crippen LogP contribution is 2.39. The molecule has 0 unspecified atom stereocenters. The zero-order chi connectivity index (χ0) is 19.6. The van der Waals surface area contributed by atoms with Crippen LogP contribution in [0.25, 0.3) is 0 Å². The van der Waals surface area contributed by atoms with Crippen LogP contribution in [0, 0.1) is 0 Å². The second-order valence-electron chi connectivity index (χ2n) is 8.82. The summed E-state index contributed by atoms with van der Waals surface area (Å²) in [6, 6.07) is 3.38. The number of amides is 1. The van der Waals surface area contributed by atoms with Crippen LogP contribution < -0.4 is 5.32 Å². The van der Waals surface area contributed by atoms with Crippen molar-refractivity contribution in [2.75, 3.05) is 13.2 Å². The third-order valence-corrected chi connectivity index (χ3v) is 4.65. The summed E-state index contributed by atoms with van der Waals surface area (Å²) in [5, 5.41) is 32.6. The van der Waals surface area contributed by atoms with E-state index in [1.54, 1.807) is 19.1 Å². The van der Waals surface area contributed by atoms with E-state index in [9.17, 15) is 20.1 Å². The van der Waals surface area contributed by atoms with E-state index in [0.29, 0.717) is 23.1 Å². The van der Waals surface area contributed by atoms with Gasteiger partial charge < -0.3 is 20.6 Å². The summed E-state index contributed by atoms with van der Waals surface area (Å²) in [6.07, 6.45) is 0.405. The maximum Gasteiger partial charge on any atom is 0.251 e. The monoisotopic (exact) mass is 351 g/mol. The highest BCUT2D eigenvalue weighted by molar-refractivity contribution is 5.95. The number of benzene rings is 1. The predicted octanol–water partition coefficient (Wildman–Crippen LogP) is 2.85. The van der Waals surface area contributed by atoms with Gasteiger partial charge in [-0.3, -0.25) is 4.79 Å². The van der Waals surface area contributed by atoms with Crippen molar-refractivity contribution >= 4 is 5.91 Å². The number of phenols is 1. The van der Waals surface area contributed by atoms with Crippen LogP contribution in [0.4, 0.5) is 0 Å². The third kappa shape index (κ3) is 4.73.